The molecule has 0 aromatic heterocycles. The van der Waals surface area contributed by atoms with Crippen molar-refractivity contribution in [3.63, 3.8) is 0 Å². The quantitative estimate of drug-likeness (QED) is 0.583. The van der Waals surface area contributed by atoms with E-state index in [-0.39, 0.29) is 0 Å². The van der Waals surface area contributed by atoms with E-state index in [4.69, 9.17) is 11.1 Å². The number of nitrogens with zero attached hydrogens (tertiary/aromatic N) is 2. The first-order valence-electron chi connectivity index (χ1n) is 2.72. The molecule has 1 rings (SSSR count). The van der Waals surface area contributed by atoms with Crippen molar-refractivity contribution in [2.24, 2.45) is 10.2 Å². The molecule has 1 aromatic carbocycles. The van der Waals surface area contributed by atoms with Crippen LogP contribution in [0.2, 0.25) is 0 Å². The molecule has 0 saturated carbocycles. The van der Waals surface area contributed by atoms with Crippen LogP contribution in [0.5, 0.6) is 0 Å². The molecule has 10 heavy (non-hydrogen) atoms. The van der Waals surface area contributed by atoms with Crippen molar-refractivity contribution in [1.82, 2.24) is 0 Å². The van der Waals surface area contributed by atoms with Gasteiger partial charge in [-0.15, -0.1) is 0 Å². The van der Waals surface area contributed by atoms with E-state index in [1.54, 1.807) is 24.3 Å². The summed E-state index contributed by atoms with van der Waals surface area (Å²) >= 11 is 0. The summed E-state index contributed by atoms with van der Waals surface area (Å²) in [6, 6.07) is 6.56. The third-order valence-corrected chi connectivity index (χ3v) is 1.11. The standard InChI is InChI=1S/C6H6N4/c7-9-5-1-2-6(10-8)4-3-5/h1-4,7-8H. The summed E-state index contributed by atoms with van der Waals surface area (Å²) in [6.07, 6.45) is 0. The van der Waals surface area contributed by atoms with E-state index in [2.05, 4.69) is 10.2 Å². The minimum Gasteiger partial charge on any atom is -0.204 e. The van der Waals surface area contributed by atoms with Crippen molar-refractivity contribution in [3.05, 3.63) is 24.3 Å². The highest BCUT2D eigenvalue weighted by molar-refractivity contribution is 5.46. The predicted molar refractivity (Wildman–Crippen MR) is 36.1 cm³/mol. The van der Waals surface area contributed by atoms with Gasteiger partial charge in [0, 0.05) is 0 Å². The first-order valence-corrected chi connectivity index (χ1v) is 2.72. The molecule has 0 aliphatic rings. The Labute approximate surface area is 57.9 Å². The molecule has 0 heterocycles. The molecule has 0 unspecified atom stereocenters. The van der Waals surface area contributed by atoms with Crippen molar-refractivity contribution in [2.45, 2.75) is 0 Å². The smallest absolute Gasteiger partial charge is 0.0851 e. The summed E-state index contributed by atoms with van der Waals surface area (Å²) in [5.74, 6) is 0. The zero-order valence-electron chi connectivity index (χ0n) is 5.20. The van der Waals surface area contributed by atoms with Crippen molar-refractivity contribution in [2.75, 3.05) is 0 Å². The minimum absolute atomic E-state index is 0.576. The maximum absolute atomic E-state index is 6.62. The topological polar surface area (TPSA) is 72.4 Å². The summed E-state index contributed by atoms with van der Waals surface area (Å²) in [6.45, 7) is 0. The highest BCUT2D eigenvalue weighted by Gasteiger charge is 1.88. The molecule has 0 aliphatic heterocycles. The molecule has 4 nitrogen and oxygen atoms in total. The molecule has 0 spiro atoms. The molecule has 0 fully saturated rings. The predicted octanol–water partition coefficient (Wildman–Crippen LogP) is 3.01. The van der Waals surface area contributed by atoms with Crippen LogP contribution >= 0.6 is 0 Å². The van der Waals surface area contributed by atoms with Gasteiger partial charge in [-0.2, -0.15) is 10.2 Å². The lowest BCUT2D eigenvalue weighted by molar-refractivity contribution is 1.13. The monoisotopic (exact) mass is 134 g/mol. The van der Waals surface area contributed by atoms with Gasteiger partial charge in [-0.05, 0) is 24.3 Å². The summed E-state index contributed by atoms with van der Waals surface area (Å²) in [7, 11) is 0. The Kier molecular flexibility index (Phi) is 1.84. The third kappa shape index (κ3) is 1.22. The lowest BCUT2D eigenvalue weighted by Gasteiger charge is -1.89. The van der Waals surface area contributed by atoms with Crippen LogP contribution in [0.4, 0.5) is 11.4 Å². The summed E-state index contributed by atoms with van der Waals surface area (Å²) in [5, 5.41) is 6.39. The summed E-state index contributed by atoms with van der Waals surface area (Å²) < 4.78 is 0. The van der Waals surface area contributed by atoms with Crippen molar-refractivity contribution in [1.29, 1.82) is 11.1 Å². The second-order valence-electron chi connectivity index (χ2n) is 1.74. The van der Waals surface area contributed by atoms with Crippen LogP contribution in [0.15, 0.2) is 34.5 Å². The molecule has 4 heteroatoms. The first kappa shape index (κ1) is 6.54. The van der Waals surface area contributed by atoms with E-state index in [1.807, 2.05) is 0 Å². The van der Waals surface area contributed by atoms with Crippen LogP contribution < -0.4 is 0 Å². The van der Waals surface area contributed by atoms with E-state index >= 15 is 0 Å². The molecule has 2 N–H and O–H groups in total. The van der Waals surface area contributed by atoms with E-state index in [0.717, 1.165) is 0 Å². The van der Waals surface area contributed by atoms with Crippen molar-refractivity contribution in [3.8, 4) is 0 Å². The molecule has 0 amide bonds. The molecule has 0 bridgehead atoms. The van der Waals surface area contributed by atoms with Gasteiger partial charge in [-0.25, -0.2) is 11.1 Å². The lowest BCUT2D eigenvalue weighted by atomic mass is 10.3. The van der Waals surface area contributed by atoms with Crippen molar-refractivity contribution < 1.29 is 0 Å². The van der Waals surface area contributed by atoms with Gasteiger partial charge in [-0.3, -0.25) is 0 Å². The average molecular weight is 134 g/mol. The SMILES string of the molecule is N=Nc1ccc(N=N)cc1. The maximum atomic E-state index is 6.62. The first-order chi connectivity index (χ1) is 4.86. The molecule has 0 aliphatic carbocycles. The van der Waals surface area contributed by atoms with Gasteiger partial charge in [0.1, 0.15) is 0 Å². The van der Waals surface area contributed by atoms with E-state index in [1.165, 1.54) is 0 Å². The minimum atomic E-state index is 0.576. The number of rotatable bonds is 2. The van der Waals surface area contributed by atoms with Gasteiger partial charge in [0.15, 0.2) is 0 Å². The fourth-order valence-corrected chi connectivity index (χ4v) is 0.602. The van der Waals surface area contributed by atoms with Crippen LogP contribution in [-0.4, -0.2) is 0 Å². The van der Waals surface area contributed by atoms with E-state index in [9.17, 15) is 0 Å². The Hall–Kier alpha value is -1.58. The van der Waals surface area contributed by atoms with Crippen molar-refractivity contribution >= 4 is 11.4 Å². The van der Waals surface area contributed by atoms with Crippen LogP contribution in [0.25, 0.3) is 0 Å². The molecule has 0 saturated heterocycles. The highest BCUT2D eigenvalue weighted by atomic mass is 15.0. The summed E-state index contributed by atoms with van der Waals surface area (Å²) in [4.78, 5) is 0. The molecular weight excluding hydrogens is 128 g/mol. The van der Waals surface area contributed by atoms with Gasteiger partial charge in [0.2, 0.25) is 0 Å². The number of hydrogen-bond donors (Lipinski definition) is 2. The molecule has 50 valence electrons. The Bertz CT molecular complexity index is 211. The Morgan fingerprint density at radius 1 is 0.800 bits per heavy atom. The Balaban J connectivity index is 3.00. The maximum Gasteiger partial charge on any atom is 0.0851 e. The van der Waals surface area contributed by atoms with Gasteiger partial charge in [0.25, 0.3) is 0 Å². The number of nitrogens with one attached hydrogen (secondary N) is 2. The summed E-state index contributed by atoms with van der Waals surface area (Å²) in [5.41, 5.74) is 14.4. The van der Waals surface area contributed by atoms with Crippen LogP contribution in [0.1, 0.15) is 0 Å². The molecular formula is C6H6N4. The Morgan fingerprint density at radius 2 is 1.10 bits per heavy atom. The lowest BCUT2D eigenvalue weighted by Crippen LogP contribution is -1.61. The molecule has 0 atom stereocenters. The van der Waals surface area contributed by atoms with Gasteiger partial charge in [-0.1, -0.05) is 0 Å². The second kappa shape index (κ2) is 2.82. The highest BCUT2D eigenvalue weighted by Crippen LogP contribution is 2.17. The fraction of sp³-hybridized carbons (Fsp3) is 0. The largest absolute Gasteiger partial charge is 0.204 e. The van der Waals surface area contributed by atoms with Gasteiger partial charge in [0.05, 0.1) is 11.4 Å². The fourth-order valence-electron chi connectivity index (χ4n) is 0.602. The van der Waals surface area contributed by atoms with Gasteiger partial charge < -0.3 is 0 Å². The van der Waals surface area contributed by atoms with Gasteiger partial charge >= 0.3 is 0 Å². The normalized spacial score (nSPS) is 8.80. The van der Waals surface area contributed by atoms with Crippen LogP contribution in [0.3, 0.4) is 0 Å². The molecule has 1 aromatic rings. The zero-order valence-corrected chi connectivity index (χ0v) is 5.20. The van der Waals surface area contributed by atoms with Crippen LogP contribution in [0, 0.1) is 11.1 Å². The zero-order chi connectivity index (χ0) is 7.40. The van der Waals surface area contributed by atoms with E-state index < -0.39 is 0 Å². The number of benzene rings is 1. The third-order valence-electron chi connectivity index (χ3n) is 1.11. The Morgan fingerprint density at radius 3 is 1.30 bits per heavy atom. The van der Waals surface area contributed by atoms with E-state index in [0.29, 0.717) is 11.4 Å². The van der Waals surface area contributed by atoms with Crippen LogP contribution in [-0.2, 0) is 0 Å². The average Bonchev–Trinajstić information content (AvgIpc) is 2.05. The number of hydrogen-bond acceptors (Lipinski definition) is 4. The second-order valence-corrected chi connectivity index (χ2v) is 1.74. The molecule has 0 radical (unpaired) electrons.